The van der Waals surface area contributed by atoms with Gasteiger partial charge in [0.05, 0.1) is 0 Å². The van der Waals surface area contributed by atoms with Gasteiger partial charge in [-0.25, -0.2) is 4.79 Å². The number of carboxylic acid groups (broad SMARTS) is 1. The Balaban J connectivity index is 2.50. The summed E-state index contributed by atoms with van der Waals surface area (Å²) in [5, 5.41) is 9.11. The zero-order valence-corrected chi connectivity index (χ0v) is 12.6. The molecule has 0 aromatic heterocycles. The van der Waals surface area contributed by atoms with Crippen LogP contribution in [0.4, 0.5) is 0 Å². The summed E-state index contributed by atoms with van der Waals surface area (Å²) >= 11 is 0. The quantitative estimate of drug-likeness (QED) is 0.384. The van der Waals surface area contributed by atoms with Gasteiger partial charge in [-0.15, -0.1) is 0 Å². The lowest BCUT2D eigenvalue weighted by molar-refractivity contribution is -0.138. The van der Waals surface area contributed by atoms with E-state index in [2.05, 4.69) is 9.98 Å². The average Bonchev–Trinajstić information content (AvgIpc) is 2.46. The normalized spacial score (nSPS) is 12.6. The lowest BCUT2D eigenvalue weighted by Gasteiger charge is -2.05. The second kappa shape index (κ2) is 9.33. The van der Waals surface area contributed by atoms with Gasteiger partial charge in [0, 0.05) is 12.8 Å². The maximum atomic E-state index is 11.1. The molecule has 1 rings (SSSR count). The summed E-state index contributed by atoms with van der Waals surface area (Å²) in [5.41, 5.74) is 12.6. The Morgan fingerprint density at radius 1 is 1.32 bits per heavy atom. The van der Waals surface area contributed by atoms with Gasteiger partial charge < -0.3 is 16.6 Å². The summed E-state index contributed by atoms with van der Waals surface area (Å²) in [7, 11) is 0. The molecule has 0 saturated heterocycles. The molecule has 6 heteroatoms. The third kappa shape index (κ3) is 7.23. The van der Waals surface area contributed by atoms with Gasteiger partial charge in [0.1, 0.15) is 6.04 Å². The Morgan fingerprint density at radius 2 is 2.00 bits per heavy atom. The number of aliphatic carboxylic acids is 1. The first-order valence-corrected chi connectivity index (χ1v) is 7.03. The zero-order chi connectivity index (χ0) is 16.4. The van der Waals surface area contributed by atoms with Crippen molar-refractivity contribution in [3.8, 4) is 0 Å². The molecule has 1 atom stereocenters. The molecule has 0 aliphatic heterocycles. The van der Waals surface area contributed by atoms with Gasteiger partial charge in [0.2, 0.25) is 0 Å². The first kappa shape index (κ1) is 17.4. The van der Waals surface area contributed by atoms with E-state index in [1.807, 2.05) is 37.3 Å². The summed E-state index contributed by atoms with van der Waals surface area (Å²) in [5.74, 6) is -0.943. The highest BCUT2D eigenvalue weighted by Crippen LogP contribution is 2.05. The van der Waals surface area contributed by atoms with Crippen molar-refractivity contribution in [2.24, 2.45) is 21.5 Å². The third-order valence-electron chi connectivity index (χ3n) is 2.93. The van der Waals surface area contributed by atoms with Crippen LogP contribution in [0.5, 0.6) is 0 Å². The van der Waals surface area contributed by atoms with Crippen molar-refractivity contribution in [1.82, 2.24) is 0 Å². The number of aliphatic imine (C=N–C) groups is 2. The topological polar surface area (TPSA) is 114 Å². The van der Waals surface area contributed by atoms with E-state index >= 15 is 0 Å². The van der Waals surface area contributed by atoms with Gasteiger partial charge in [0.15, 0.2) is 5.96 Å². The Morgan fingerprint density at radius 3 is 2.59 bits per heavy atom. The summed E-state index contributed by atoms with van der Waals surface area (Å²) in [6, 6.07) is 7.23. The molecule has 0 aliphatic carbocycles. The lowest BCUT2D eigenvalue weighted by atomic mass is 10.1. The van der Waals surface area contributed by atoms with Crippen molar-refractivity contribution in [3.63, 3.8) is 0 Å². The largest absolute Gasteiger partial charge is 0.480 e. The van der Waals surface area contributed by atoms with Crippen LogP contribution in [0, 0.1) is 6.92 Å². The van der Waals surface area contributed by atoms with E-state index in [1.54, 1.807) is 6.08 Å². The molecule has 0 amide bonds. The highest BCUT2D eigenvalue weighted by atomic mass is 16.4. The molecule has 22 heavy (non-hydrogen) atoms. The van der Waals surface area contributed by atoms with Crippen molar-refractivity contribution in [1.29, 1.82) is 0 Å². The van der Waals surface area contributed by atoms with E-state index in [0.717, 1.165) is 5.56 Å². The summed E-state index contributed by atoms with van der Waals surface area (Å²) < 4.78 is 0. The summed E-state index contributed by atoms with van der Waals surface area (Å²) in [6.45, 7) is 2.43. The van der Waals surface area contributed by atoms with E-state index < -0.39 is 12.0 Å². The highest BCUT2D eigenvalue weighted by Gasteiger charge is 2.13. The number of benzene rings is 1. The minimum atomic E-state index is -0.954. The first-order valence-electron chi connectivity index (χ1n) is 7.03. The van der Waals surface area contributed by atoms with Crippen molar-refractivity contribution in [3.05, 3.63) is 41.5 Å². The molecule has 1 aromatic rings. The van der Waals surface area contributed by atoms with E-state index in [1.165, 1.54) is 11.8 Å². The van der Waals surface area contributed by atoms with E-state index in [0.29, 0.717) is 19.4 Å². The van der Waals surface area contributed by atoms with Crippen molar-refractivity contribution >= 4 is 24.2 Å². The monoisotopic (exact) mass is 302 g/mol. The number of allylic oxidation sites excluding steroid dienone is 1. The van der Waals surface area contributed by atoms with Crippen LogP contribution >= 0.6 is 0 Å². The van der Waals surface area contributed by atoms with Crippen LogP contribution < -0.4 is 11.5 Å². The Hall–Kier alpha value is -2.63. The summed E-state index contributed by atoms with van der Waals surface area (Å²) in [4.78, 5) is 19.0. The van der Waals surface area contributed by atoms with Gasteiger partial charge in [-0.2, -0.15) is 0 Å². The second-order valence-electron chi connectivity index (χ2n) is 4.87. The average molecular weight is 302 g/mol. The molecule has 0 fully saturated rings. The number of aryl methyl sites for hydroxylation is 1. The van der Waals surface area contributed by atoms with Gasteiger partial charge in [-0.05, 0) is 31.4 Å². The van der Waals surface area contributed by atoms with Crippen molar-refractivity contribution < 1.29 is 9.90 Å². The van der Waals surface area contributed by atoms with Crippen LogP contribution in [0.15, 0.2) is 40.3 Å². The molecular formula is C16H22N4O2. The number of rotatable bonds is 8. The number of carboxylic acids is 1. The van der Waals surface area contributed by atoms with Crippen LogP contribution in [0.1, 0.15) is 24.0 Å². The predicted octanol–water partition coefficient (Wildman–Crippen LogP) is 1.59. The van der Waals surface area contributed by atoms with Gasteiger partial charge >= 0.3 is 5.97 Å². The first-order chi connectivity index (χ1) is 10.5. The number of nitrogens with two attached hydrogens (primary N) is 2. The van der Waals surface area contributed by atoms with Crippen molar-refractivity contribution in [2.45, 2.75) is 25.8 Å². The Labute approximate surface area is 130 Å². The molecule has 1 aromatic carbocycles. The minimum Gasteiger partial charge on any atom is -0.480 e. The fourth-order valence-electron chi connectivity index (χ4n) is 1.74. The van der Waals surface area contributed by atoms with E-state index in [-0.39, 0.29) is 5.96 Å². The third-order valence-corrected chi connectivity index (χ3v) is 2.93. The SMILES string of the molecule is Cc1ccc(/C=C/C=N[C@@H](CCCN=C(N)N)C(=O)O)cc1. The molecule has 0 unspecified atom stereocenters. The molecule has 0 radical (unpaired) electrons. The van der Waals surface area contributed by atoms with E-state index in [9.17, 15) is 4.79 Å². The molecule has 6 nitrogen and oxygen atoms in total. The number of hydrogen-bond acceptors (Lipinski definition) is 3. The summed E-state index contributed by atoms with van der Waals surface area (Å²) in [6.07, 6.45) is 6.08. The predicted molar refractivity (Wildman–Crippen MR) is 90.0 cm³/mol. The molecule has 0 spiro atoms. The highest BCUT2D eigenvalue weighted by molar-refractivity contribution is 5.82. The van der Waals surface area contributed by atoms with Crippen molar-refractivity contribution in [2.75, 3.05) is 6.54 Å². The number of carbonyl (C=O) groups is 1. The van der Waals surface area contributed by atoms with Crippen LogP contribution in [0.3, 0.4) is 0 Å². The molecule has 5 N–H and O–H groups in total. The van der Waals surface area contributed by atoms with E-state index in [4.69, 9.17) is 16.6 Å². The van der Waals surface area contributed by atoms with Gasteiger partial charge in [0.25, 0.3) is 0 Å². The molecule has 0 aliphatic rings. The fourth-order valence-corrected chi connectivity index (χ4v) is 1.74. The van der Waals surface area contributed by atoms with Crippen LogP contribution in [-0.4, -0.2) is 35.8 Å². The van der Waals surface area contributed by atoms with Crippen LogP contribution in [0.2, 0.25) is 0 Å². The van der Waals surface area contributed by atoms with Gasteiger partial charge in [-0.3, -0.25) is 9.98 Å². The van der Waals surface area contributed by atoms with Crippen LogP contribution in [-0.2, 0) is 4.79 Å². The fraction of sp³-hybridized carbons (Fsp3) is 0.312. The molecule has 0 bridgehead atoms. The number of guanidine groups is 1. The molecule has 118 valence electrons. The molecular weight excluding hydrogens is 280 g/mol. The van der Waals surface area contributed by atoms with Crippen LogP contribution in [0.25, 0.3) is 6.08 Å². The maximum Gasteiger partial charge on any atom is 0.328 e. The molecule has 0 saturated carbocycles. The Kier molecular flexibility index (Phi) is 7.39. The zero-order valence-electron chi connectivity index (χ0n) is 12.6. The number of hydrogen-bond donors (Lipinski definition) is 3. The second-order valence-corrected chi connectivity index (χ2v) is 4.87. The standard InChI is InChI=1S/C16H22N4O2/c1-12-6-8-13(9-7-12)4-2-10-19-14(15(21)22)5-3-11-20-16(17)18/h2,4,6-10,14H,3,5,11H2,1H3,(H,21,22)(H4,17,18,20)/b4-2+,19-10?/t14-/m0/s1. The van der Waals surface area contributed by atoms with Gasteiger partial charge in [-0.1, -0.05) is 35.9 Å². The molecule has 0 heterocycles. The maximum absolute atomic E-state index is 11.1. The number of nitrogens with zero attached hydrogens (tertiary/aromatic N) is 2. The minimum absolute atomic E-state index is 0.0106. The lowest BCUT2D eigenvalue weighted by Crippen LogP contribution is -2.23. The smallest absolute Gasteiger partial charge is 0.328 e. The Bertz CT molecular complexity index is 558.